The normalized spacial score (nSPS) is 18.4. The first-order valence-corrected chi connectivity index (χ1v) is 6.96. The Bertz CT molecular complexity index is 553. The summed E-state index contributed by atoms with van der Waals surface area (Å²) in [6.07, 6.45) is -1.04. The number of ether oxygens (including phenoxy) is 2. The number of hydrogen-bond acceptors (Lipinski definition) is 4. The van der Waals surface area contributed by atoms with Gasteiger partial charge in [0.2, 0.25) is 0 Å². The average molecular weight is 362 g/mol. The SMILES string of the molecule is O=C(O)C1CN(C(=O)COc2ccc(Br)cc2F)CCO1. The lowest BCUT2D eigenvalue weighted by Crippen LogP contribution is -2.49. The number of amides is 1. The summed E-state index contributed by atoms with van der Waals surface area (Å²) >= 11 is 3.12. The third-order valence-corrected chi connectivity index (χ3v) is 3.43. The molecule has 1 fully saturated rings. The van der Waals surface area contributed by atoms with Gasteiger partial charge in [0.25, 0.3) is 5.91 Å². The average Bonchev–Trinajstić information content (AvgIpc) is 2.46. The van der Waals surface area contributed by atoms with E-state index in [9.17, 15) is 14.0 Å². The fraction of sp³-hybridized carbons (Fsp3) is 0.385. The van der Waals surface area contributed by atoms with Crippen LogP contribution in [-0.4, -0.2) is 54.3 Å². The molecule has 0 aliphatic carbocycles. The molecule has 114 valence electrons. The topological polar surface area (TPSA) is 76.1 Å². The second-order valence-corrected chi connectivity index (χ2v) is 5.32. The zero-order chi connectivity index (χ0) is 15.4. The molecule has 1 heterocycles. The van der Waals surface area contributed by atoms with Gasteiger partial charge in [-0.05, 0) is 18.2 Å². The highest BCUT2D eigenvalue weighted by Gasteiger charge is 2.29. The fourth-order valence-corrected chi connectivity index (χ4v) is 2.18. The zero-order valence-electron chi connectivity index (χ0n) is 10.9. The molecule has 1 N–H and O–H groups in total. The Morgan fingerprint density at radius 1 is 1.52 bits per heavy atom. The Morgan fingerprint density at radius 2 is 2.29 bits per heavy atom. The number of rotatable bonds is 4. The van der Waals surface area contributed by atoms with Crippen LogP contribution in [0.25, 0.3) is 0 Å². The molecule has 1 aliphatic rings. The van der Waals surface area contributed by atoms with E-state index in [4.69, 9.17) is 14.6 Å². The Labute approximate surface area is 128 Å². The molecule has 0 spiro atoms. The second-order valence-electron chi connectivity index (χ2n) is 4.40. The molecular formula is C13H13BrFNO5. The molecule has 1 aromatic rings. The first-order chi connectivity index (χ1) is 9.97. The number of nitrogens with zero attached hydrogens (tertiary/aromatic N) is 1. The lowest BCUT2D eigenvalue weighted by molar-refractivity contribution is -0.159. The third-order valence-electron chi connectivity index (χ3n) is 2.94. The van der Waals surface area contributed by atoms with Crippen LogP contribution in [0.4, 0.5) is 4.39 Å². The molecule has 1 amide bonds. The molecule has 1 aromatic carbocycles. The zero-order valence-corrected chi connectivity index (χ0v) is 12.5. The summed E-state index contributed by atoms with van der Waals surface area (Å²) < 4.78 is 24.2. The number of benzene rings is 1. The van der Waals surface area contributed by atoms with Crippen LogP contribution in [0.3, 0.4) is 0 Å². The molecule has 8 heteroatoms. The largest absolute Gasteiger partial charge is 0.481 e. The third kappa shape index (κ3) is 4.15. The second kappa shape index (κ2) is 6.86. The molecular weight excluding hydrogens is 349 g/mol. The maximum Gasteiger partial charge on any atom is 0.334 e. The van der Waals surface area contributed by atoms with Gasteiger partial charge in [-0.1, -0.05) is 15.9 Å². The standard InChI is InChI=1S/C13H13BrFNO5/c14-8-1-2-10(9(15)5-8)21-7-12(17)16-3-4-20-11(6-16)13(18)19/h1-2,5,11H,3-4,6-7H2,(H,18,19). The van der Waals surface area contributed by atoms with Crippen LogP contribution in [0.2, 0.25) is 0 Å². The number of carboxylic acid groups (broad SMARTS) is 1. The van der Waals surface area contributed by atoms with E-state index in [-0.39, 0.29) is 32.1 Å². The number of carbonyl (C=O) groups excluding carboxylic acids is 1. The van der Waals surface area contributed by atoms with Crippen LogP contribution < -0.4 is 4.74 Å². The van der Waals surface area contributed by atoms with Crippen LogP contribution in [0.15, 0.2) is 22.7 Å². The van der Waals surface area contributed by atoms with E-state index in [1.54, 1.807) is 6.07 Å². The summed E-state index contributed by atoms with van der Waals surface area (Å²) in [5.74, 6) is -2.14. The maximum absolute atomic E-state index is 13.5. The summed E-state index contributed by atoms with van der Waals surface area (Å²) in [4.78, 5) is 24.1. The van der Waals surface area contributed by atoms with Crippen LogP contribution in [0.5, 0.6) is 5.75 Å². The van der Waals surface area contributed by atoms with Crippen molar-refractivity contribution in [1.29, 1.82) is 0 Å². The van der Waals surface area contributed by atoms with Crippen molar-refractivity contribution in [2.75, 3.05) is 26.3 Å². The minimum absolute atomic E-state index is 0.0328. The van der Waals surface area contributed by atoms with E-state index in [1.165, 1.54) is 17.0 Å². The smallest absolute Gasteiger partial charge is 0.334 e. The molecule has 1 saturated heterocycles. The van der Waals surface area contributed by atoms with E-state index in [0.717, 1.165) is 0 Å². The molecule has 0 bridgehead atoms. The van der Waals surface area contributed by atoms with Gasteiger partial charge in [0, 0.05) is 11.0 Å². The van der Waals surface area contributed by atoms with Gasteiger partial charge in [-0.15, -0.1) is 0 Å². The molecule has 2 rings (SSSR count). The minimum Gasteiger partial charge on any atom is -0.481 e. The molecule has 0 saturated carbocycles. The van der Waals surface area contributed by atoms with Crippen molar-refractivity contribution >= 4 is 27.8 Å². The highest BCUT2D eigenvalue weighted by molar-refractivity contribution is 9.10. The van der Waals surface area contributed by atoms with Gasteiger partial charge in [-0.2, -0.15) is 0 Å². The van der Waals surface area contributed by atoms with Gasteiger partial charge in [0.05, 0.1) is 13.2 Å². The summed E-state index contributed by atoms with van der Waals surface area (Å²) in [5.41, 5.74) is 0. The number of carboxylic acids is 1. The molecule has 6 nitrogen and oxygen atoms in total. The summed E-state index contributed by atoms with van der Waals surface area (Å²) in [7, 11) is 0. The van der Waals surface area contributed by atoms with Gasteiger partial charge in [-0.25, -0.2) is 9.18 Å². The Morgan fingerprint density at radius 3 is 2.95 bits per heavy atom. The van der Waals surface area contributed by atoms with Crippen LogP contribution in [0, 0.1) is 5.82 Å². The summed E-state index contributed by atoms with van der Waals surface area (Å²) in [5, 5.41) is 8.86. The van der Waals surface area contributed by atoms with Crippen molar-refractivity contribution in [2.45, 2.75) is 6.10 Å². The van der Waals surface area contributed by atoms with Crippen LogP contribution in [-0.2, 0) is 14.3 Å². The maximum atomic E-state index is 13.5. The summed E-state index contributed by atoms with van der Waals surface area (Å²) in [6, 6.07) is 4.24. The molecule has 1 aliphatic heterocycles. The van der Waals surface area contributed by atoms with Crippen molar-refractivity contribution < 1.29 is 28.6 Å². The van der Waals surface area contributed by atoms with Gasteiger partial charge in [0.15, 0.2) is 24.3 Å². The quantitative estimate of drug-likeness (QED) is 0.874. The van der Waals surface area contributed by atoms with Crippen molar-refractivity contribution in [3.8, 4) is 5.75 Å². The predicted molar refractivity (Wildman–Crippen MR) is 73.6 cm³/mol. The highest BCUT2D eigenvalue weighted by Crippen LogP contribution is 2.21. The van der Waals surface area contributed by atoms with Crippen molar-refractivity contribution in [1.82, 2.24) is 4.90 Å². The summed E-state index contributed by atoms with van der Waals surface area (Å²) in [6.45, 7) is 0.0371. The van der Waals surface area contributed by atoms with Gasteiger partial charge < -0.3 is 19.5 Å². The number of carbonyl (C=O) groups is 2. The van der Waals surface area contributed by atoms with Gasteiger partial charge >= 0.3 is 5.97 Å². The lowest BCUT2D eigenvalue weighted by Gasteiger charge is -2.30. The van der Waals surface area contributed by atoms with Crippen LogP contribution in [0.1, 0.15) is 0 Å². The molecule has 1 atom stereocenters. The number of hydrogen-bond donors (Lipinski definition) is 1. The van der Waals surface area contributed by atoms with E-state index < -0.39 is 23.8 Å². The van der Waals surface area contributed by atoms with Gasteiger partial charge in [-0.3, -0.25) is 4.79 Å². The monoisotopic (exact) mass is 361 g/mol. The van der Waals surface area contributed by atoms with Gasteiger partial charge in [0.1, 0.15) is 0 Å². The Balaban J connectivity index is 1.90. The molecule has 21 heavy (non-hydrogen) atoms. The Kier molecular flexibility index (Phi) is 5.13. The van der Waals surface area contributed by atoms with E-state index >= 15 is 0 Å². The van der Waals surface area contributed by atoms with Crippen molar-refractivity contribution in [3.63, 3.8) is 0 Å². The predicted octanol–water partition coefficient (Wildman–Crippen LogP) is 1.28. The van der Waals surface area contributed by atoms with Crippen LogP contribution >= 0.6 is 15.9 Å². The Hall–Kier alpha value is -1.67. The molecule has 1 unspecified atom stereocenters. The molecule has 0 radical (unpaired) electrons. The fourth-order valence-electron chi connectivity index (χ4n) is 1.85. The highest BCUT2D eigenvalue weighted by atomic mass is 79.9. The van der Waals surface area contributed by atoms with Crippen molar-refractivity contribution in [2.24, 2.45) is 0 Å². The lowest BCUT2D eigenvalue weighted by atomic mass is 10.2. The number of aliphatic carboxylic acids is 1. The van der Waals surface area contributed by atoms with Crippen molar-refractivity contribution in [3.05, 3.63) is 28.5 Å². The number of morpholine rings is 1. The van der Waals surface area contributed by atoms with E-state index in [2.05, 4.69) is 15.9 Å². The number of halogens is 2. The van der Waals surface area contributed by atoms with E-state index in [1.807, 2.05) is 0 Å². The molecule has 0 aromatic heterocycles. The van der Waals surface area contributed by atoms with E-state index in [0.29, 0.717) is 4.47 Å². The first kappa shape index (κ1) is 15.7. The first-order valence-electron chi connectivity index (χ1n) is 6.17. The minimum atomic E-state index is -1.12.